The van der Waals surface area contributed by atoms with Crippen molar-refractivity contribution < 1.29 is 4.74 Å². The van der Waals surface area contributed by atoms with Crippen LogP contribution in [0.25, 0.3) is 5.57 Å². The Kier molecular flexibility index (Phi) is 2.39. The Morgan fingerprint density at radius 1 is 1.20 bits per heavy atom. The van der Waals surface area contributed by atoms with E-state index in [0.717, 1.165) is 16.9 Å². The van der Waals surface area contributed by atoms with Gasteiger partial charge in [-0.15, -0.1) is 0 Å². The summed E-state index contributed by atoms with van der Waals surface area (Å²) in [5, 5.41) is 17.7. The molecule has 1 aliphatic heterocycles. The zero-order valence-electron chi connectivity index (χ0n) is 8.03. The minimum absolute atomic E-state index is 0.186. The number of nitriles is 2. The van der Waals surface area contributed by atoms with Crippen LogP contribution in [0, 0.1) is 22.7 Å². The van der Waals surface area contributed by atoms with Crippen LogP contribution in [0.15, 0.2) is 29.8 Å². The van der Waals surface area contributed by atoms with Crippen molar-refractivity contribution >= 4 is 5.57 Å². The van der Waals surface area contributed by atoms with Crippen molar-refractivity contribution in [1.82, 2.24) is 0 Å². The summed E-state index contributed by atoms with van der Waals surface area (Å²) < 4.78 is 5.44. The molecule has 0 aliphatic carbocycles. The Morgan fingerprint density at radius 2 is 1.93 bits per heavy atom. The highest BCUT2D eigenvalue weighted by atomic mass is 16.5. The second-order valence-corrected chi connectivity index (χ2v) is 3.17. The van der Waals surface area contributed by atoms with Gasteiger partial charge in [-0.05, 0) is 11.6 Å². The van der Waals surface area contributed by atoms with Gasteiger partial charge in [0.05, 0.1) is 6.61 Å². The topological polar surface area (TPSA) is 56.8 Å². The highest BCUT2D eigenvalue weighted by Gasteiger charge is 2.18. The lowest BCUT2D eigenvalue weighted by molar-refractivity contribution is 0.316. The summed E-state index contributed by atoms with van der Waals surface area (Å²) in [6.07, 6.45) is 0.619. The molecule has 0 radical (unpaired) electrons. The van der Waals surface area contributed by atoms with Crippen molar-refractivity contribution in [3.05, 3.63) is 35.4 Å². The third-order valence-electron chi connectivity index (χ3n) is 2.35. The van der Waals surface area contributed by atoms with Gasteiger partial charge in [0.15, 0.2) is 0 Å². The fourth-order valence-corrected chi connectivity index (χ4v) is 1.66. The first kappa shape index (κ1) is 9.30. The minimum atomic E-state index is 0.186. The molecule has 0 saturated carbocycles. The fourth-order valence-electron chi connectivity index (χ4n) is 1.66. The maximum absolute atomic E-state index is 8.83. The van der Waals surface area contributed by atoms with E-state index in [4.69, 9.17) is 15.3 Å². The first-order chi connectivity index (χ1) is 7.36. The third-order valence-corrected chi connectivity index (χ3v) is 2.35. The van der Waals surface area contributed by atoms with Crippen LogP contribution in [0.3, 0.4) is 0 Å². The van der Waals surface area contributed by atoms with E-state index in [1.54, 1.807) is 0 Å². The molecular weight excluding hydrogens is 188 g/mol. The fraction of sp³-hybridized carbons (Fsp3) is 0.167. The maximum Gasteiger partial charge on any atom is 0.133 e. The number of rotatable bonds is 0. The summed E-state index contributed by atoms with van der Waals surface area (Å²) in [7, 11) is 0. The summed E-state index contributed by atoms with van der Waals surface area (Å²) in [4.78, 5) is 0. The van der Waals surface area contributed by atoms with Crippen molar-refractivity contribution in [3.8, 4) is 17.9 Å². The summed E-state index contributed by atoms with van der Waals surface area (Å²) in [6.45, 7) is 0.527. The molecule has 0 N–H and O–H groups in total. The average Bonchev–Trinajstić information content (AvgIpc) is 2.31. The largest absolute Gasteiger partial charge is 0.493 e. The molecule has 1 aromatic carbocycles. The molecule has 0 unspecified atom stereocenters. The van der Waals surface area contributed by atoms with Gasteiger partial charge in [0.25, 0.3) is 0 Å². The van der Waals surface area contributed by atoms with Crippen LogP contribution in [0.4, 0.5) is 0 Å². The average molecular weight is 196 g/mol. The minimum Gasteiger partial charge on any atom is -0.493 e. The first-order valence-electron chi connectivity index (χ1n) is 4.62. The van der Waals surface area contributed by atoms with Crippen LogP contribution in [0.2, 0.25) is 0 Å². The highest BCUT2D eigenvalue weighted by molar-refractivity contribution is 5.79. The standard InChI is InChI=1S/C12H8N2O/c13-7-9(8-14)10-5-6-15-12-4-2-1-3-11(10)12/h1-4H,5-6H2. The molecule has 72 valence electrons. The second-order valence-electron chi connectivity index (χ2n) is 3.17. The zero-order chi connectivity index (χ0) is 10.7. The summed E-state index contributed by atoms with van der Waals surface area (Å²) in [6, 6.07) is 11.3. The zero-order valence-corrected chi connectivity index (χ0v) is 8.03. The predicted molar refractivity (Wildman–Crippen MR) is 54.7 cm³/mol. The van der Waals surface area contributed by atoms with Gasteiger partial charge < -0.3 is 4.74 Å². The monoisotopic (exact) mass is 196 g/mol. The van der Waals surface area contributed by atoms with Gasteiger partial charge in [-0.25, -0.2) is 0 Å². The van der Waals surface area contributed by atoms with E-state index in [0.29, 0.717) is 13.0 Å². The predicted octanol–water partition coefficient (Wildman–Crippen LogP) is 2.27. The SMILES string of the molecule is N#CC(C#N)=C1CCOc2ccccc21. The molecule has 0 atom stereocenters. The van der Waals surface area contributed by atoms with Crippen LogP contribution in [0.1, 0.15) is 12.0 Å². The Labute approximate surface area is 87.8 Å². The van der Waals surface area contributed by atoms with E-state index >= 15 is 0 Å². The molecule has 1 heterocycles. The van der Waals surface area contributed by atoms with Crippen molar-refractivity contribution in [1.29, 1.82) is 10.5 Å². The summed E-state index contributed by atoms with van der Waals surface area (Å²) in [5.74, 6) is 0.752. The van der Waals surface area contributed by atoms with Crippen molar-refractivity contribution in [2.45, 2.75) is 6.42 Å². The number of allylic oxidation sites excluding steroid dienone is 1. The smallest absolute Gasteiger partial charge is 0.133 e. The van der Waals surface area contributed by atoms with Gasteiger partial charge in [-0.2, -0.15) is 10.5 Å². The van der Waals surface area contributed by atoms with Gasteiger partial charge in [-0.3, -0.25) is 0 Å². The lowest BCUT2D eigenvalue weighted by Gasteiger charge is -2.19. The lowest BCUT2D eigenvalue weighted by Crippen LogP contribution is -2.08. The molecule has 0 aromatic heterocycles. The van der Waals surface area contributed by atoms with Crippen molar-refractivity contribution in [3.63, 3.8) is 0 Å². The van der Waals surface area contributed by atoms with Gasteiger partial charge in [0, 0.05) is 12.0 Å². The van der Waals surface area contributed by atoms with Crippen LogP contribution >= 0.6 is 0 Å². The number of hydrogen-bond donors (Lipinski definition) is 0. The molecule has 0 bridgehead atoms. The molecular formula is C12H8N2O. The molecule has 0 spiro atoms. The summed E-state index contributed by atoms with van der Waals surface area (Å²) in [5.41, 5.74) is 1.84. The van der Waals surface area contributed by atoms with Gasteiger partial charge >= 0.3 is 0 Å². The molecule has 3 nitrogen and oxygen atoms in total. The molecule has 3 heteroatoms. The van der Waals surface area contributed by atoms with Crippen LogP contribution in [0.5, 0.6) is 5.75 Å². The molecule has 1 aromatic rings. The normalized spacial score (nSPS) is 13.1. The molecule has 15 heavy (non-hydrogen) atoms. The van der Waals surface area contributed by atoms with Crippen LogP contribution in [-0.4, -0.2) is 6.61 Å². The van der Waals surface area contributed by atoms with E-state index in [1.165, 1.54) is 0 Å². The highest BCUT2D eigenvalue weighted by Crippen LogP contribution is 2.34. The van der Waals surface area contributed by atoms with E-state index in [2.05, 4.69) is 0 Å². The number of nitrogens with zero attached hydrogens (tertiary/aromatic N) is 2. The molecule has 0 saturated heterocycles. The third kappa shape index (κ3) is 1.56. The van der Waals surface area contributed by atoms with Gasteiger partial charge in [-0.1, -0.05) is 18.2 Å². The molecule has 0 amide bonds. The van der Waals surface area contributed by atoms with Crippen molar-refractivity contribution in [2.24, 2.45) is 0 Å². The summed E-state index contributed by atoms with van der Waals surface area (Å²) >= 11 is 0. The van der Waals surface area contributed by atoms with Crippen molar-refractivity contribution in [2.75, 3.05) is 6.61 Å². The number of hydrogen-bond acceptors (Lipinski definition) is 3. The second kappa shape index (κ2) is 3.86. The maximum atomic E-state index is 8.83. The number of benzene rings is 1. The Hall–Kier alpha value is -2.26. The number of para-hydroxylation sites is 1. The van der Waals surface area contributed by atoms with Crippen LogP contribution in [-0.2, 0) is 0 Å². The van der Waals surface area contributed by atoms with Gasteiger partial charge in [0.2, 0.25) is 0 Å². The van der Waals surface area contributed by atoms with E-state index in [9.17, 15) is 0 Å². The van der Waals surface area contributed by atoms with E-state index < -0.39 is 0 Å². The van der Waals surface area contributed by atoms with Gasteiger partial charge in [0.1, 0.15) is 23.5 Å². The number of fused-ring (bicyclic) bond motifs is 1. The number of ether oxygens (including phenoxy) is 1. The Balaban J connectivity index is 2.62. The lowest BCUT2D eigenvalue weighted by atomic mass is 9.96. The van der Waals surface area contributed by atoms with E-state index in [1.807, 2.05) is 36.4 Å². The molecule has 1 aliphatic rings. The first-order valence-corrected chi connectivity index (χ1v) is 4.62. The molecule has 0 fully saturated rings. The molecule has 2 rings (SSSR count). The Bertz CT molecular complexity index is 487. The van der Waals surface area contributed by atoms with Crippen LogP contribution < -0.4 is 4.74 Å². The van der Waals surface area contributed by atoms with E-state index in [-0.39, 0.29) is 5.57 Å². The quantitative estimate of drug-likeness (QED) is 0.598. The Morgan fingerprint density at radius 3 is 2.67 bits per heavy atom.